The van der Waals surface area contributed by atoms with Gasteiger partial charge in [-0.05, 0) is 11.1 Å². The first kappa shape index (κ1) is 22.4. The molecule has 1 aliphatic rings. The van der Waals surface area contributed by atoms with E-state index in [-0.39, 0.29) is 38.8 Å². The van der Waals surface area contributed by atoms with Crippen LogP contribution in [-0.4, -0.2) is 38.7 Å². The number of ether oxygens (including phenoxy) is 2. The lowest BCUT2D eigenvalue weighted by molar-refractivity contribution is -0.0431. The second-order valence-corrected chi connectivity index (χ2v) is 8.62. The molecule has 9 heteroatoms. The SMILES string of the molecule is Nc1ncnc2c1ncn2C[C@@H]1C(F)(F)C1(COCc1ccccc1)COCc1ccccc1. The highest BCUT2D eigenvalue weighted by Gasteiger charge is 2.80. The molecule has 1 fully saturated rings. The Bertz CT molecular complexity index is 1200. The summed E-state index contributed by atoms with van der Waals surface area (Å²) < 4.78 is 44.0. The number of anilines is 1. The van der Waals surface area contributed by atoms with Gasteiger partial charge in [-0.15, -0.1) is 0 Å². The smallest absolute Gasteiger partial charge is 0.264 e. The predicted molar refractivity (Wildman–Crippen MR) is 123 cm³/mol. The number of hydrogen-bond donors (Lipinski definition) is 1. The predicted octanol–water partition coefficient (Wildman–Crippen LogP) is 4.09. The first-order valence-corrected chi connectivity index (χ1v) is 11.0. The summed E-state index contributed by atoms with van der Waals surface area (Å²) in [6.07, 6.45) is 2.78. The van der Waals surface area contributed by atoms with Gasteiger partial charge in [0.15, 0.2) is 11.5 Å². The molecule has 4 aromatic rings. The van der Waals surface area contributed by atoms with Crippen molar-refractivity contribution in [2.45, 2.75) is 25.7 Å². The van der Waals surface area contributed by atoms with Crippen molar-refractivity contribution in [2.75, 3.05) is 18.9 Å². The molecule has 0 amide bonds. The van der Waals surface area contributed by atoms with E-state index in [0.717, 1.165) is 11.1 Å². The van der Waals surface area contributed by atoms with Crippen LogP contribution in [0.2, 0.25) is 0 Å². The molecular weight excluding hydrogens is 440 g/mol. The maximum absolute atomic E-state index is 15.4. The number of rotatable bonds is 10. The lowest BCUT2D eigenvalue weighted by Gasteiger charge is -2.18. The zero-order chi connectivity index (χ0) is 23.6. The van der Waals surface area contributed by atoms with Crippen LogP contribution in [-0.2, 0) is 29.2 Å². The second kappa shape index (κ2) is 9.08. The Morgan fingerprint density at radius 3 is 2.03 bits per heavy atom. The third-order valence-electron chi connectivity index (χ3n) is 6.44. The van der Waals surface area contributed by atoms with Gasteiger partial charge < -0.3 is 19.8 Å². The van der Waals surface area contributed by atoms with Crippen LogP contribution in [0, 0.1) is 11.3 Å². The number of fused-ring (bicyclic) bond motifs is 1. The minimum atomic E-state index is -2.98. The van der Waals surface area contributed by atoms with E-state index in [9.17, 15) is 0 Å². The van der Waals surface area contributed by atoms with E-state index in [0.29, 0.717) is 11.2 Å². The number of halogens is 2. The number of nitrogens with two attached hydrogens (primary N) is 1. The van der Waals surface area contributed by atoms with E-state index in [1.54, 1.807) is 4.57 Å². The highest BCUT2D eigenvalue weighted by atomic mass is 19.3. The molecule has 0 bridgehead atoms. The van der Waals surface area contributed by atoms with Crippen molar-refractivity contribution in [3.05, 3.63) is 84.4 Å². The van der Waals surface area contributed by atoms with Gasteiger partial charge in [-0.25, -0.2) is 23.7 Å². The fourth-order valence-corrected chi connectivity index (χ4v) is 4.40. The molecule has 0 spiro atoms. The van der Waals surface area contributed by atoms with Crippen molar-refractivity contribution in [3.63, 3.8) is 0 Å². The summed E-state index contributed by atoms with van der Waals surface area (Å²) >= 11 is 0. The van der Waals surface area contributed by atoms with Crippen LogP contribution >= 0.6 is 0 Å². The summed E-state index contributed by atoms with van der Waals surface area (Å²) in [4.78, 5) is 12.3. The molecule has 2 N–H and O–H groups in total. The van der Waals surface area contributed by atoms with Crippen LogP contribution in [0.15, 0.2) is 73.3 Å². The van der Waals surface area contributed by atoms with Crippen molar-refractivity contribution < 1.29 is 18.3 Å². The third-order valence-corrected chi connectivity index (χ3v) is 6.44. The van der Waals surface area contributed by atoms with Crippen LogP contribution in [0.25, 0.3) is 11.2 Å². The lowest BCUT2D eigenvalue weighted by Crippen LogP contribution is -2.25. The van der Waals surface area contributed by atoms with Crippen molar-refractivity contribution >= 4 is 17.0 Å². The minimum Gasteiger partial charge on any atom is -0.382 e. The summed E-state index contributed by atoms with van der Waals surface area (Å²) in [5.41, 5.74) is 7.08. The summed E-state index contributed by atoms with van der Waals surface area (Å²) in [5, 5.41) is 0. The first-order chi connectivity index (χ1) is 16.5. The molecule has 7 nitrogen and oxygen atoms in total. The van der Waals surface area contributed by atoms with E-state index >= 15 is 8.78 Å². The number of imidazole rings is 1. The minimum absolute atomic E-state index is 0.0172. The van der Waals surface area contributed by atoms with Gasteiger partial charge in [-0.1, -0.05) is 60.7 Å². The molecule has 0 radical (unpaired) electrons. The summed E-state index contributed by atoms with van der Waals surface area (Å²) in [7, 11) is 0. The average molecular weight is 466 g/mol. The zero-order valence-corrected chi connectivity index (χ0v) is 18.5. The van der Waals surface area contributed by atoms with E-state index in [1.807, 2.05) is 60.7 Å². The van der Waals surface area contributed by atoms with Crippen LogP contribution in [0.4, 0.5) is 14.6 Å². The zero-order valence-electron chi connectivity index (χ0n) is 18.5. The molecule has 5 rings (SSSR count). The Hall–Kier alpha value is -3.43. The topological polar surface area (TPSA) is 88.1 Å². The Kier molecular flexibility index (Phi) is 5.97. The number of nitrogen functional groups attached to an aromatic ring is 1. The maximum Gasteiger partial charge on any atom is 0.264 e. The quantitative estimate of drug-likeness (QED) is 0.380. The normalized spacial score (nSPS) is 18.2. The molecule has 2 aromatic carbocycles. The number of hydrogen-bond acceptors (Lipinski definition) is 6. The van der Waals surface area contributed by atoms with Gasteiger partial charge in [0.05, 0.1) is 44.1 Å². The van der Waals surface area contributed by atoms with Crippen molar-refractivity contribution in [2.24, 2.45) is 11.3 Å². The first-order valence-electron chi connectivity index (χ1n) is 11.0. The molecule has 34 heavy (non-hydrogen) atoms. The van der Waals surface area contributed by atoms with Gasteiger partial charge in [-0.3, -0.25) is 0 Å². The van der Waals surface area contributed by atoms with Crippen LogP contribution in [0.5, 0.6) is 0 Å². The highest BCUT2D eigenvalue weighted by molar-refractivity contribution is 5.81. The van der Waals surface area contributed by atoms with Crippen LogP contribution in [0.1, 0.15) is 11.1 Å². The van der Waals surface area contributed by atoms with E-state index in [2.05, 4.69) is 15.0 Å². The Morgan fingerprint density at radius 2 is 1.44 bits per heavy atom. The van der Waals surface area contributed by atoms with Crippen molar-refractivity contribution in [1.82, 2.24) is 19.5 Å². The number of nitrogens with zero attached hydrogens (tertiary/aromatic N) is 4. The molecule has 1 atom stereocenters. The summed E-state index contributed by atoms with van der Waals surface area (Å²) in [5.74, 6) is -3.76. The van der Waals surface area contributed by atoms with Crippen molar-refractivity contribution in [1.29, 1.82) is 0 Å². The van der Waals surface area contributed by atoms with Crippen molar-refractivity contribution in [3.8, 4) is 0 Å². The van der Waals surface area contributed by atoms with Gasteiger partial charge in [0, 0.05) is 6.54 Å². The number of aromatic nitrogens is 4. The molecule has 0 unspecified atom stereocenters. The standard InChI is InChI=1S/C25H25F2N5O2/c26-25(27)20(11-32-17-31-21-22(28)29-16-30-23(21)32)24(25,14-33-12-18-7-3-1-4-8-18)15-34-13-19-9-5-2-6-10-19/h1-10,16-17,20H,11-15H2,(H2,28,29,30)/t20-/m0/s1. The maximum atomic E-state index is 15.4. The van der Waals surface area contributed by atoms with Gasteiger partial charge in [0.2, 0.25) is 0 Å². The molecule has 1 aliphatic carbocycles. The third kappa shape index (κ3) is 4.12. The number of alkyl halides is 2. The molecule has 2 heterocycles. The molecule has 176 valence electrons. The molecule has 1 saturated carbocycles. The number of benzene rings is 2. The van der Waals surface area contributed by atoms with Gasteiger partial charge in [0.25, 0.3) is 5.92 Å². The molecule has 2 aromatic heterocycles. The molecule has 0 aliphatic heterocycles. The van der Waals surface area contributed by atoms with Crippen LogP contribution in [0.3, 0.4) is 0 Å². The van der Waals surface area contributed by atoms with Gasteiger partial charge >= 0.3 is 0 Å². The molecule has 0 saturated heterocycles. The average Bonchev–Trinajstić information content (AvgIpc) is 3.11. The van der Waals surface area contributed by atoms with E-state index < -0.39 is 17.3 Å². The highest BCUT2D eigenvalue weighted by Crippen LogP contribution is 2.67. The lowest BCUT2D eigenvalue weighted by atomic mass is 10.1. The Morgan fingerprint density at radius 1 is 0.853 bits per heavy atom. The largest absolute Gasteiger partial charge is 0.382 e. The second-order valence-electron chi connectivity index (χ2n) is 8.62. The van der Waals surface area contributed by atoms with E-state index in [1.165, 1.54) is 12.7 Å². The van der Waals surface area contributed by atoms with Gasteiger partial charge in [0.1, 0.15) is 11.8 Å². The van der Waals surface area contributed by atoms with Gasteiger partial charge in [-0.2, -0.15) is 0 Å². The van der Waals surface area contributed by atoms with Crippen LogP contribution < -0.4 is 5.73 Å². The fourth-order valence-electron chi connectivity index (χ4n) is 4.40. The van der Waals surface area contributed by atoms with E-state index in [4.69, 9.17) is 15.2 Å². The summed E-state index contributed by atoms with van der Waals surface area (Å²) in [6.45, 7) is 0.267. The summed E-state index contributed by atoms with van der Waals surface area (Å²) in [6, 6.07) is 19.0. The molecular formula is C25H25F2N5O2. The fraction of sp³-hybridized carbons (Fsp3) is 0.320. The Balaban J connectivity index is 1.34. The monoisotopic (exact) mass is 465 g/mol. The Labute approximate surface area is 195 Å².